The molecule has 0 saturated carbocycles. The molecule has 0 radical (unpaired) electrons. The Hall–Kier alpha value is -3.56. The predicted molar refractivity (Wildman–Crippen MR) is 159 cm³/mol. The molecule has 0 aliphatic rings. The van der Waals surface area contributed by atoms with Crippen LogP contribution in [-0.4, -0.2) is 57.6 Å². The highest BCUT2D eigenvalue weighted by atomic mass is 35.5. The van der Waals surface area contributed by atoms with Crippen molar-refractivity contribution in [2.75, 3.05) is 30.8 Å². The molecule has 0 saturated heterocycles. The van der Waals surface area contributed by atoms with E-state index in [0.717, 1.165) is 33.7 Å². The number of sulfonamides is 1. The van der Waals surface area contributed by atoms with E-state index in [4.69, 9.17) is 16.3 Å². The molecular formula is C30H36ClN3O5S. The average molecular weight is 586 g/mol. The van der Waals surface area contributed by atoms with E-state index in [9.17, 15) is 18.0 Å². The molecule has 0 aromatic heterocycles. The largest absolute Gasteiger partial charge is 0.495 e. The molecule has 0 aliphatic heterocycles. The van der Waals surface area contributed by atoms with Crippen LogP contribution in [0.15, 0.2) is 72.8 Å². The van der Waals surface area contributed by atoms with E-state index in [1.54, 1.807) is 6.07 Å². The van der Waals surface area contributed by atoms with Gasteiger partial charge in [-0.2, -0.15) is 0 Å². The van der Waals surface area contributed by atoms with Crippen LogP contribution in [0.1, 0.15) is 30.0 Å². The summed E-state index contributed by atoms with van der Waals surface area (Å²) in [5.74, 6) is -0.446. The number of ether oxygens (including phenoxy) is 1. The molecule has 0 bridgehead atoms. The number of aryl methyl sites for hydroxylation is 1. The van der Waals surface area contributed by atoms with Gasteiger partial charge in [-0.05, 0) is 42.7 Å². The summed E-state index contributed by atoms with van der Waals surface area (Å²) < 4.78 is 32.0. The first-order valence-electron chi connectivity index (χ1n) is 13.0. The molecule has 3 rings (SSSR count). The second kappa shape index (κ2) is 14.2. The van der Waals surface area contributed by atoms with Gasteiger partial charge in [0.15, 0.2) is 0 Å². The zero-order valence-electron chi connectivity index (χ0n) is 23.3. The number of carbonyl (C=O) groups is 2. The first-order chi connectivity index (χ1) is 19.0. The normalized spacial score (nSPS) is 11.9. The molecule has 2 amide bonds. The van der Waals surface area contributed by atoms with Crippen LogP contribution in [0.25, 0.3) is 0 Å². The minimum atomic E-state index is -3.90. The number of amides is 2. The van der Waals surface area contributed by atoms with E-state index in [-0.39, 0.29) is 29.6 Å². The summed E-state index contributed by atoms with van der Waals surface area (Å²) >= 11 is 6.28. The topological polar surface area (TPSA) is 96.0 Å². The fourth-order valence-corrected chi connectivity index (χ4v) is 5.44. The third-order valence-electron chi connectivity index (χ3n) is 6.36. The highest BCUT2D eigenvalue weighted by molar-refractivity contribution is 7.92. The van der Waals surface area contributed by atoms with Crippen LogP contribution in [-0.2, 0) is 32.6 Å². The lowest BCUT2D eigenvalue weighted by Crippen LogP contribution is -2.53. The van der Waals surface area contributed by atoms with Crippen molar-refractivity contribution in [1.82, 2.24) is 10.2 Å². The van der Waals surface area contributed by atoms with Crippen LogP contribution in [0.2, 0.25) is 5.02 Å². The Labute approximate surface area is 241 Å². The van der Waals surface area contributed by atoms with E-state index in [2.05, 4.69) is 5.32 Å². The number of benzene rings is 3. The maximum Gasteiger partial charge on any atom is 0.244 e. The molecule has 40 heavy (non-hydrogen) atoms. The van der Waals surface area contributed by atoms with Gasteiger partial charge in [0, 0.05) is 19.5 Å². The summed E-state index contributed by atoms with van der Waals surface area (Å²) in [6.07, 6.45) is 2.02. The van der Waals surface area contributed by atoms with Gasteiger partial charge in [0.25, 0.3) is 0 Å². The molecule has 3 aromatic carbocycles. The van der Waals surface area contributed by atoms with Gasteiger partial charge in [-0.25, -0.2) is 8.42 Å². The van der Waals surface area contributed by atoms with Crippen molar-refractivity contribution in [3.8, 4) is 5.75 Å². The molecule has 3 aromatic rings. The van der Waals surface area contributed by atoms with Gasteiger partial charge in [-0.15, -0.1) is 0 Å². The van der Waals surface area contributed by atoms with Crippen LogP contribution >= 0.6 is 11.6 Å². The van der Waals surface area contributed by atoms with E-state index >= 15 is 0 Å². The van der Waals surface area contributed by atoms with Gasteiger partial charge in [0.2, 0.25) is 21.8 Å². The number of anilines is 1. The van der Waals surface area contributed by atoms with Gasteiger partial charge in [0.1, 0.15) is 18.3 Å². The van der Waals surface area contributed by atoms with E-state index in [1.165, 1.54) is 24.1 Å². The monoisotopic (exact) mass is 585 g/mol. The summed E-state index contributed by atoms with van der Waals surface area (Å²) in [6, 6.07) is 20.7. The van der Waals surface area contributed by atoms with Gasteiger partial charge in [0.05, 0.1) is 24.1 Å². The van der Waals surface area contributed by atoms with Gasteiger partial charge in [-0.3, -0.25) is 13.9 Å². The molecule has 0 heterocycles. The SMILES string of the molecule is CCCNC(=O)[C@H](Cc1ccccc1)N(Cc1cccc(C)c1)C(=O)CN(c1ccc(OC)c(Cl)c1)S(C)(=O)=O. The molecule has 214 valence electrons. The van der Waals surface area contributed by atoms with Gasteiger partial charge < -0.3 is 15.0 Å². The van der Waals surface area contributed by atoms with Gasteiger partial charge in [-0.1, -0.05) is 78.7 Å². The number of methoxy groups -OCH3 is 1. The molecule has 1 N–H and O–H groups in total. The first-order valence-corrected chi connectivity index (χ1v) is 15.2. The highest BCUT2D eigenvalue weighted by Crippen LogP contribution is 2.30. The fraction of sp³-hybridized carbons (Fsp3) is 0.333. The van der Waals surface area contributed by atoms with E-state index in [1.807, 2.05) is 68.4 Å². The molecule has 1 atom stereocenters. The molecule has 0 spiro atoms. The molecule has 8 nitrogen and oxygen atoms in total. The van der Waals surface area contributed by atoms with Crippen molar-refractivity contribution in [1.29, 1.82) is 0 Å². The predicted octanol–water partition coefficient (Wildman–Crippen LogP) is 4.59. The van der Waals surface area contributed by atoms with Crippen molar-refractivity contribution in [2.24, 2.45) is 0 Å². The van der Waals surface area contributed by atoms with E-state index in [0.29, 0.717) is 12.3 Å². The van der Waals surface area contributed by atoms with Crippen molar-refractivity contribution in [3.05, 3.63) is 94.5 Å². The van der Waals surface area contributed by atoms with Crippen LogP contribution in [0.5, 0.6) is 5.75 Å². The third kappa shape index (κ3) is 8.47. The molecule has 0 unspecified atom stereocenters. The van der Waals surface area contributed by atoms with Crippen molar-refractivity contribution < 1.29 is 22.7 Å². The molecule has 0 fully saturated rings. The van der Waals surface area contributed by atoms with Crippen molar-refractivity contribution in [3.63, 3.8) is 0 Å². The molecule has 0 aliphatic carbocycles. The Kier molecular flexibility index (Phi) is 11.0. The Bertz CT molecular complexity index is 1420. The van der Waals surface area contributed by atoms with E-state index < -0.39 is 28.5 Å². The van der Waals surface area contributed by atoms with Crippen LogP contribution in [0, 0.1) is 6.92 Å². The summed E-state index contributed by atoms with van der Waals surface area (Å²) in [5, 5.41) is 3.13. The number of hydrogen-bond acceptors (Lipinski definition) is 5. The average Bonchev–Trinajstić information content (AvgIpc) is 2.92. The lowest BCUT2D eigenvalue weighted by Gasteiger charge is -2.33. The zero-order valence-corrected chi connectivity index (χ0v) is 24.8. The number of hydrogen-bond donors (Lipinski definition) is 1. The number of carbonyl (C=O) groups excluding carboxylic acids is 2. The second-order valence-electron chi connectivity index (χ2n) is 9.60. The first kappa shape index (κ1) is 31.0. The van der Waals surface area contributed by atoms with Crippen molar-refractivity contribution >= 4 is 39.1 Å². The zero-order chi connectivity index (χ0) is 29.3. The molecular weight excluding hydrogens is 550 g/mol. The maximum absolute atomic E-state index is 14.1. The standard InChI is InChI=1S/C30H36ClN3O5S/c1-5-16-32-30(36)27(18-23-11-7-6-8-12-23)33(20-24-13-9-10-22(2)17-24)29(35)21-34(40(4,37)38)25-14-15-28(39-3)26(31)19-25/h6-15,17,19,27H,5,16,18,20-21H2,1-4H3,(H,32,36)/t27-/m0/s1. The minimum Gasteiger partial charge on any atom is -0.495 e. The summed E-state index contributed by atoms with van der Waals surface area (Å²) in [7, 11) is -2.44. The summed E-state index contributed by atoms with van der Waals surface area (Å²) in [4.78, 5) is 29.0. The number of nitrogens with zero attached hydrogens (tertiary/aromatic N) is 2. The van der Waals surface area contributed by atoms with Crippen LogP contribution in [0.3, 0.4) is 0 Å². The quantitative estimate of drug-likeness (QED) is 0.317. The Morgan fingerprint density at radius 2 is 1.70 bits per heavy atom. The van der Waals surface area contributed by atoms with Gasteiger partial charge >= 0.3 is 0 Å². The number of rotatable bonds is 13. The lowest BCUT2D eigenvalue weighted by atomic mass is 10.0. The number of halogens is 1. The Balaban J connectivity index is 2.05. The Morgan fingerprint density at radius 3 is 2.30 bits per heavy atom. The minimum absolute atomic E-state index is 0.124. The number of nitrogens with one attached hydrogen (secondary N) is 1. The smallest absolute Gasteiger partial charge is 0.244 e. The lowest BCUT2D eigenvalue weighted by molar-refractivity contribution is -0.140. The molecule has 10 heteroatoms. The third-order valence-corrected chi connectivity index (χ3v) is 7.79. The Morgan fingerprint density at radius 1 is 1.00 bits per heavy atom. The fourth-order valence-electron chi connectivity index (χ4n) is 4.35. The summed E-state index contributed by atoms with van der Waals surface area (Å²) in [5.41, 5.74) is 2.92. The summed E-state index contributed by atoms with van der Waals surface area (Å²) in [6.45, 7) is 3.96. The van der Waals surface area contributed by atoms with Crippen LogP contribution < -0.4 is 14.4 Å². The van der Waals surface area contributed by atoms with Crippen molar-refractivity contribution in [2.45, 2.75) is 39.3 Å². The van der Waals surface area contributed by atoms with Crippen LogP contribution in [0.4, 0.5) is 5.69 Å². The second-order valence-corrected chi connectivity index (χ2v) is 11.9. The maximum atomic E-state index is 14.1. The highest BCUT2D eigenvalue weighted by Gasteiger charge is 2.33.